The van der Waals surface area contributed by atoms with Crippen LogP contribution in [-0.4, -0.2) is 97.1 Å². The van der Waals surface area contributed by atoms with Gasteiger partial charge in [0.25, 0.3) is 11.8 Å². The summed E-state index contributed by atoms with van der Waals surface area (Å²) in [6.07, 6.45) is 1.17. The molecule has 3 rings (SSSR count). The van der Waals surface area contributed by atoms with Gasteiger partial charge in [-0.1, -0.05) is 6.07 Å². The number of nitrogens with zero attached hydrogens (tertiary/aromatic N) is 4. The fraction of sp³-hybridized carbons (Fsp3) is 0.529. The second kappa shape index (κ2) is 7.63. The quantitative estimate of drug-likeness (QED) is 0.622. The van der Waals surface area contributed by atoms with Gasteiger partial charge in [0.1, 0.15) is 11.4 Å². The summed E-state index contributed by atoms with van der Waals surface area (Å²) in [7, 11) is -1.54. The van der Waals surface area contributed by atoms with Gasteiger partial charge >= 0.3 is 0 Å². The van der Waals surface area contributed by atoms with Crippen LogP contribution in [0.15, 0.2) is 18.2 Å². The molecule has 0 saturated carbocycles. The van der Waals surface area contributed by atoms with Crippen LogP contribution in [0.3, 0.4) is 0 Å². The Morgan fingerprint density at radius 2 is 1.85 bits per heavy atom. The van der Waals surface area contributed by atoms with Gasteiger partial charge in [-0.05, 0) is 18.6 Å². The van der Waals surface area contributed by atoms with Gasteiger partial charge in [-0.2, -0.15) is 0 Å². The molecule has 2 aliphatic heterocycles. The van der Waals surface area contributed by atoms with Gasteiger partial charge in [-0.15, -0.1) is 0 Å². The lowest BCUT2D eigenvalue weighted by Crippen LogP contribution is -2.48. The summed E-state index contributed by atoms with van der Waals surface area (Å²) in [6.45, 7) is 1.76. The molecule has 27 heavy (non-hydrogen) atoms. The molecule has 0 N–H and O–H groups in total. The highest BCUT2D eigenvalue weighted by Gasteiger charge is 2.33. The van der Waals surface area contributed by atoms with Gasteiger partial charge in [-0.25, -0.2) is 13.4 Å². The van der Waals surface area contributed by atoms with Crippen LogP contribution >= 0.6 is 0 Å². The fourth-order valence-electron chi connectivity index (χ4n) is 3.29. The summed E-state index contributed by atoms with van der Waals surface area (Å²) < 4.78 is 23.3. The molecule has 0 aromatic carbocycles. The van der Waals surface area contributed by atoms with Crippen LogP contribution in [0.2, 0.25) is 0 Å². The van der Waals surface area contributed by atoms with Gasteiger partial charge in [-0.3, -0.25) is 14.4 Å². The molecule has 2 fully saturated rings. The molecule has 1 atom stereocenters. The normalized spacial score (nSPS) is 21.7. The zero-order valence-corrected chi connectivity index (χ0v) is 15.9. The van der Waals surface area contributed by atoms with Crippen molar-refractivity contribution < 1.29 is 22.8 Å². The van der Waals surface area contributed by atoms with Crippen molar-refractivity contribution in [1.29, 1.82) is 0 Å². The first-order chi connectivity index (χ1) is 12.8. The Labute approximate surface area is 157 Å². The summed E-state index contributed by atoms with van der Waals surface area (Å²) in [5.74, 6) is -0.665. The van der Waals surface area contributed by atoms with Gasteiger partial charge < -0.3 is 14.7 Å². The Balaban J connectivity index is 1.70. The van der Waals surface area contributed by atoms with Crippen LogP contribution in [0.1, 0.15) is 27.4 Å². The van der Waals surface area contributed by atoms with E-state index in [0.29, 0.717) is 32.6 Å². The second-order valence-corrected chi connectivity index (χ2v) is 9.04. The van der Waals surface area contributed by atoms with Gasteiger partial charge in [0, 0.05) is 39.3 Å². The minimum Gasteiger partial charge on any atom is -0.342 e. The maximum Gasteiger partial charge on any atom is 0.272 e. The first-order valence-electron chi connectivity index (χ1n) is 8.74. The van der Waals surface area contributed by atoms with Gasteiger partial charge in [0.05, 0.1) is 11.5 Å². The summed E-state index contributed by atoms with van der Waals surface area (Å²) in [5, 5.41) is 0. The molecule has 146 valence electrons. The van der Waals surface area contributed by atoms with E-state index in [1.165, 1.54) is 11.0 Å². The molecule has 3 amide bonds. The van der Waals surface area contributed by atoms with Crippen LogP contribution in [0, 0.1) is 0 Å². The Morgan fingerprint density at radius 3 is 2.44 bits per heavy atom. The van der Waals surface area contributed by atoms with E-state index in [-0.39, 0.29) is 34.8 Å². The van der Waals surface area contributed by atoms with Crippen molar-refractivity contribution in [1.82, 2.24) is 19.7 Å². The van der Waals surface area contributed by atoms with Crippen LogP contribution < -0.4 is 0 Å². The Bertz CT molecular complexity index is 849. The summed E-state index contributed by atoms with van der Waals surface area (Å²) in [6, 6.07) is 4.28. The number of piperazine rings is 1. The molecule has 0 spiro atoms. The third kappa shape index (κ3) is 4.26. The van der Waals surface area contributed by atoms with Crippen molar-refractivity contribution in [3.63, 3.8) is 0 Å². The van der Waals surface area contributed by atoms with Gasteiger partial charge in [0.2, 0.25) is 6.41 Å². The summed E-state index contributed by atoms with van der Waals surface area (Å²) >= 11 is 0. The summed E-state index contributed by atoms with van der Waals surface area (Å²) in [4.78, 5) is 44.9. The highest BCUT2D eigenvalue weighted by molar-refractivity contribution is 7.91. The Hall–Kier alpha value is -2.49. The van der Waals surface area contributed by atoms with E-state index in [9.17, 15) is 22.8 Å². The first-order valence-corrected chi connectivity index (χ1v) is 10.6. The van der Waals surface area contributed by atoms with Crippen molar-refractivity contribution in [2.75, 3.05) is 44.7 Å². The molecule has 10 heteroatoms. The topological polar surface area (TPSA) is 108 Å². The molecule has 1 unspecified atom stereocenters. The molecule has 0 radical (unpaired) electrons. The van der Waals surface area contributed by atoms with Crippen LogP contribution in [0.5, 0.6) is 0 Å². The number of carbonyl (C=O) groups excluding carboxylic acids is 3. The zero-order valence-electron chi connectivity index (χ0n) is 15.1. The van der Waals surface area contributed by atoms with E-state index in [2.05, 4.69) is 4.98 Å². The molecular formula is C17H22N4O5S. The molecule has 0 aliphatic carbocycles. The number of aromatic nitrogens is 1. The predicted octanol–water partition coefficient (Wildman–Crippen LogP) is -0.745. The number of amides is 3. The van der Waals surface area contributed by atoms with E-state index >= 15 is 0 Å². The number of sulfone groups is 1. The molecule has 0 bridgehead atoms. The number of rotatable bonds is 4. The largest absolute Gasteiger partial charge is 0.342 e. The third-order valence-corrected chi connectivity index (χ3v) is 6.76. The Kier molecular flexibility index (Phi) is 5.45. The molecule has 3 heterocycles. The SMILES string of the molecule is CN(C(=O)c1cccc(C(=O)N2CCN(C=O)CC2)n1)C1CCS(=O)(=O)C1. The van der Waals surface area contributed by atoms with E-state index < -0.39 is 15.7 Å². The lowest BCUT2D eigenvalue weighted by molar-refractivity contribution is -0.119. The van der Waals surface area contributed by atoms with Crippen molar-refractivity contribution in [3.05, 3.63) is 29.6 Å². The van der Waals surface area contributed by atoms with E-state index in [1.54, 1.807) is 29.0 Å². The van der Waals surface area contributed by atoms with Crippen LogP contribution in [0.25, 0.3) is 0 Å². The maximum absolute atomic E-state index is 12.7. The van der Waals surface area contributed by atoms with Crippen molar-refractivity contribution >= 4 is 28.1 Å². The fourth-order valence-corrected chi connectivity index (χ4v) is 5.07. The average Bonchev–Trinajstić information content (AvgIpc) is 3.06. The van der Waals surface area contributed by atoms with E-state index in [1.807, 2.05) is 0 Å². The molecule has 1 aromatic heterocycles. The first kappa shape index (κ1) is 19.3. The van der Waals surface area contributed by atoms with Crippen molar-refractivity contribution in [3.8, 4) is 0 Å². The van der Waals surface area contributed by atoms with Crippen LogP contribution in [-0.2, 0) is 14.6 Å². The number of carbonyl (C=O) groups is 3. The van der Waals surface area contributed by atoms with Crippen LogP contribution in [0.4, 0.5) is 0 Å². The number of pyridine rings is 1. The average molecular weight is 394 g/mol. The van der Waals surface area contributed by atoms with Crippen molar-refractivity contribution in [2.45, 2.75) is 12.5 Å². The summed E-state index contributed by atoms with van der Waals surface area (Å²) in [5.41, 5.74) is 0.270. The monoisotopic (exact) mass is 394 g/mol. The predicted molar refractivity (Wildman–Crippen MR) is 96.9 cm³/mol. The highest BCUT2D eigenvalue weighted by Crippen LogP contribution is 2.18. The van der Waals surface area contributed by atoms with Gasteiger partial charge in [0.15, 0.2) is 9.84 Å². The number of hydrogen-bond acceptors (Lipinski definition) is 6. The smallest absolute Gasteiger partial charge is 0.272 e. The van der Waals surface area contributed by atoms with E-state index in [0.717, 1.165) is 6.41 Å². The Morgan fingerprint density at radius 1 is 1.19 bits per heavy atom. The molecule has 2 saturated heterocycles. The van der Waals surface area contributed by atoms with Crippen molar-refractivity contribution in [2.24, 2.45) is 0 Å². The zero-order chi connectivity index (χ0) is 19.6. The third-order valence-electron chi connectivity index (χ3n) is 5.01. The molecular weight excluding hydrogens is 372 g/mol. The molecule has 9 nitrogen and oxygen atoms in total. The number of hydrogen-bond donors (Lipinski definition) is 0. The minimum absolute atomic E-state index is 0.0468. The molecule has 1 aromatic rings. The maximum atomic E-state index is 12.7. The lowest BCUT2D eigenvalue weighted by atomic mass is 10.2. The minimum atomic E-state index is -3.10. The standard InChI is InChI=1S/C17H22N4O5S/c1-19(13-5-10-27(25,26)11-13)16(23)14-3-2-4-15(18-14)17(24)21-8-6-20(12-22)7-9-21/h2-4,12-13H,5-11H2,1H3. The lowest BCUT2D eigenvalue weighted by Gasteiger charge is -2.32. The second-order valence-electron chi connectivity index (χ2n) is 6.81. The van der Waals surface area contributed by atoms with E-state index in [4.69, 9.17) is 0 Å². The molecule has 2 aliphatic rings. The highest BCUT2D eigenvalue weighted by atomic mass is 32.2.